The zero-order chi connectivity index (χ0) is 7.28. The van der Waals surface area contributed by atoms with E-state index in [4.69, 9.17) is 5.73 Å². The van der Waals surface area contributed by atoms with Crippen LogP contribution in [0.5, 0.6) is 0 Å². The zero-order valence-electron chi connectivity index (χ0n) is 5.42. The summed E-state index contributed by atoms with van der Waals surface area (Å²) >= 11 is 3.86. The number of amides is 1. The van der Waals surface area contributed by atoms with E-state index in [1.807, 2.05) is 6.92 Å². The van der Waals surface area contributed by atoms with Gasteiger partial charge in [-0.05, 0) is 6.92 Å². The van der Waals surface area contributed by atoms with E-state index >= 15 is 0 Å². The van der Waals surface area contributed by atoms with Crippen LogP contribution in [-0.4, -0.2) is 24.2 Å². The molecule has 0 aromatic carbocycles. The lowest BCUT2D eigenvalue weighted by atomic mass is 10.3. The Balaban J connectivity index is 3.46. The molecule has 0 aliphatic rings. The largest absolute Gasteiger partial charge is 0.355 e. The van der Waals surface area contributed by atoms with Crippen LogP contribution in [0, 0.1) is 0 Å². The number of nitrogens with two attached hydrogens (primary N) is 1. The minimum atomic E-state index is -0.465. The minimum Gasteiger partial charge on any atom is -0.355 e. The lowest BCUT2D eigenvalue weighted by Crippen LogP contribution is -2.41. The molecule has 0 aliphatic carbocycles. The first-order valence-electron chi connectivity index (χ1n) is 2.86. The van der Waals surface area contributed by atoms with E-state index in [2.05, 4.69) is 17.9 Å². The predicted molar refractivity (Wildman–Crippen MR) is 40.5 cm³/mol. The molecule has 54 valence electrons. The normalized spacial score (nSPS) is 12.8. The molecule has 1 atom stereocenters. The predicted octanol–water partition coefficient (Wildman–Crippen LogP) is -0.620. The summed E-state index contributed by atoms with van der Waals surface area (Å²) in [5.74, 6) is 0.263. The van der Waals surface area contributed by atoms with Crippen molar-refractivity contribution in [1.82, 2.24) is 5.32 Å². The van der Waals surface area contributed by atoms with Crippen LogP contribution in [0.25, 0.3) is 0 Å². The number of hydrogen-bond donors (Lipinski definition) is 3. The maximum absolute atomic E-state index is 10.7. The Labute approximate surface area is 60.4 Å². The van der Waals surface area contributed by atoms with Crippen molar-refractivity contribution in [3.05, 3.63) is 0 Å². The third-order valence-electron chi connectivity index (χ3n) is 0.884. The molecule has 0 heterocycles. The molecule has 3 N–H and O–H groups in total. The number of rotatable bonds is 3. The van der Waals surface area contributed by atoms with E-state index in [-0.39, 0.29) is 5.91 Å². The first kappa shape index (κ1) is 8.78. The second-order valence-electron chi connectivity index (χ2n) is 1.68. The molecule has 1 amide bonds. The Hall–Kier alpha value is -0.220. The fourth-order valence-corrected chi connectivity index (χ4v) is 0.554. The highest BCUT2D eigenvalue weighted by molar-refractivity contribution is 7.80. The molecule has 0 rings (SSSR count). The Morgan fingerprint density at radius 1 is 1.89 bits per heavy atom. The highest BCUT2D eigenvalue weighted by Gasteiger charge is 2.08. The summed E-state index contributed by atoms with van der Waals surface area (Å²) in [6.07, 6.45) is 0. The quantitative estimate of drug-likeness (QED) is 0.467. The van der Waals surface area contributed by atoms with Gasteiger partial charge in [0.15, 0.2) is 0 Å². The maximum Gasteiger partial charge on any atom is 0.237 e. The molecular formula is C5H12N2OS. The maximum atomic E-state index is 10.7. The van der Waals surface area contributed by atoms with Gasteiger partial charge in [0.25, 0.3) is 0 Å². The van der Waals surface area contributed by atoms with Crippen LogP contribution in [-0.2, 0) is 4.79 Å². The van der Waals surface area contributed by atoms with Crippen molar-refractivity contribution in [3.63, 3.8) is 0 Å². The van der Waals surface area contributed by atoms with Gasteiger partial charge in [-0.25, -0.2) is 0 Å². The first-order chi connectivity index (χ1) is 4.22. The number of carbonyl (C=O) groups excluding carboxylic acids is 1. The van der Waals surface area contributed by atoms with Crippen molar-refractivity contribution < 1.29 is 4.79 Å². The first-order valence-corrected chi connectivity index (χ1v) is 3.49. The highest BCUT2D eigenvalue weighted by Crippen LogP contribution is 1.81. The van der Waals surface area contributed by atoms with Crippen molar-refractivity contribution in [3.8, 4) is 0 Å². The Morgan fingerprint density at radius 2 is 2.44 bits per heavy atom. The van der Waals surface area contributed by atoms with E-state index in [1.54, 1.807) is 0 Å². The summed E-state index contributed by atoms with van der Waals surface area (Å²) in [4.78, 5) is 10.7. The average molecular weight is 148 g/mol. The van der Waals surface area contributed by atoms with Gasteiger partial charge in [0.05, 0.1) is 6.04 Å². The summed E-state index contributed by atoms with van der Waals surface area (Å²) in [5, 5.41) is 2.58. The second-order valence-corrected chi connectivity index (χ2v) is 2.05. The molecule has 9 heavy (non-hydrogen) atoms. The molecule has 0 saturated heterocycles. The number of hydrogen-bond acceptors (Lipinski definition) is 3. The topological polar surface area (TPSA) is 55.1 Å². The van der Waals surface area contributed by atoms with E-state index in [0.717, 1.165) is 0 Å². The van der Waals surface area contributed by atoms with Gasteiger partial charge in [0.2, 0.25) is 5.91 Å². The molecular weight excluding hydrogens is 136 g/mol. The number of carbonyl (C=O) groups is 1. The van der Waals surface area contributed by atoms with Crippen molar-refractivity contribution in [2.24, 2.45) is 5.73 Å². The minimum absolute atomic E-state index is 0.132. The number of likely N-dealkylation sites (N-methyl/N-ethyl adjacent to an activating group) is 1. The third-order valence-corrected chi connectivity index (χ3v) is 1.28. The molecule has 0 fully saturated rings. The molecule has 1 unspecified atom stereocenters. The van der Waals surface area contributed by atoms with Crippen LogP contribution < -0.4 is 11.1 Å². The van der Waals surface area contributed by atoms with Crippen LogP contribution in [0.4, 0.5) is 0 Å². The molecule has 0 bridgehead atoms. The van der Waals surface area contributed by atoms with Gasteiger partial charge in [0.1, 0.15) is 0 Å². The fraction of sp³-hybridized carbons (Fsp3) is 0.800. The summed E-state index contributed by atoms with van der Waals surface area (Å²) in [5.41, 5.74) is 5.31. The van der Waals surface area contributed by atoms with E-state index in [9.17, 15) is 4.79 Å². The monoisotopic (exact) mass is 148 g/mol. The van der Waals surface area contributed by atoms with Crippen LogP contribution >= 0.6 is 12.6 Å². The molecule has 0 aromatic rings. The van der Waals surface area contributed by atoms with Gasteiger partial charge in [-0.3, -0.25) is 4.79 Å². The Kier molecular flexibility index (Phi) is 4.53. The van der Waals surface area contributed by atoms with Crippen molar-refractivity contribution in [2.75, 3.05) is 12.3 Å². The van der Waals surface area contributed by atoms with Crippen molar-refractivity contribution in [2.45, 2.75) is 13.0 Å². The van der Waals surface area contributed by atoms with E-state index in [0.29, 0.717) is 12.3 Å². The van der Waals surface area contributed by atoms with Gasteiger partial charge in [-0.1, -0.05) is 0 Å². The smallest absolute Gasteiger partial charge is 0.237 e. The highest BCUT2D eigenvalue weighted by atomic mass is 32.1. The summed E-state index contributed by atoms with van der Waals surface area (Å²) in [7, 11) is 0. The van der Waals surface area contributed by atoms with Gasteiger partial charge >= 0.3 is 0 Å². The number of nitrogens with one attached hydrogen (secondary N) is 1. The van der Waals surface area contributed by atoms with Crippen LogP contribution in [0.2, 0.25) is 0 Å². The molecule has 0 saturated carbocycles. The van der Waals surface area contributed by atoms with Crippen molar-refractivity contribution in [1.29, 1.82) is 0 Å². The summed E-state index contributed by atoms with van der Waals surface area (Å²) in [6, 6.07) is -0.465. The van der Waals surface area contributed by atoms with Crippen LogP contribution in [0.15, 0.2) is 0 Å². The van der Waals surface area contributed by atoms with Gasteiger partial charge in [0, 0.05) is 12.3 Å². The Bertz CT molecular complexity index is 97.0. The lowest BCUT2D eigenvalue weighted by Gasteiger charge is -2.06. The fourth-order valence-electron chi connectivity index (χ4n) is 0.388. The third kappa shape index (κ3) is 3.37. The standard InChI is InChI=1S/C5H12N2OS/c1-2-7-5(8)4(6)3-9/h4,9H,2-3,6H2,1H3,(H,7,8). The number of thiol groups is 1. The van der Waals surface area contributed by atoms with E-state index in [1.165, 1.54) is 0 Å². The van der Waals surface area contributed by atoms with Crippen LogP contribution in [0.1, 0.15) is 6.92 Å². The Morgan fingerprint density at radius 3 is 2.78 bits per heavy atom. The molecule has 0 radical (unpaired) electrons. The zero-order valence-corrected chi connectivity index (χ0v) is 6.32. The molecule has 0 aliphatic heterocycles. The second kappa shape index (κ2) is 4.64. The summed E-state index contributed by atoms with van der Waals surface area (Å²) < 4.78 is 0. The summed E-state index contributed by atoms with van der Waals surface area (Å²) in [6.45, 7) is 2.48. The molecule has 4 heteroatoms. The molecule has 3 nitrogen and oxygen atoms in total. The average Bonchev–Trinajstić information content (AvgIpc) is 1.87. The van der Waals surface area contributed by atoms with Gasteiger partial charge in [-0.15, -0.1) is 0 Å². The molecule has 0 spiro atoms. The van der Waals surface area contributed by atoms with Gasteiger partial charge < -0.3 is 11.1 Å². The SMILES string of the molecule is CCNC(=O)C(N)CS. The van der Waals surface area contributed by atoms with Crippen LogP contribution in [0.3, 0.4) is 0 Å². The van der Waals surface area contributed by atoms with E-state index < -0.39 is 6.04 Å². The lowest BCUT2D eigenvalue weighted by molar-refractivity contribution is -0.121. The molecule has 0 aromatic heterocycles. The van der Waals surface area contributed by atoms with Gasteiger partial charge in [-0.2, -0.15) is 12.6 Å². The van der Waals surface area contributed by atoms with Crippen molar-refractivity contribution >= 4 is 18.5 Å².